The van der Waals surface area contributed by atoms with Gasteiger partial charge in [0.2, 0.25) is 0 Å². The Morgan fingerprint density at radius 2 is 1.97 bits per heavy atom. The number of benzene rings is 1. The highest BCUT2D eigenvalue weighted by Crippen LogP contribution is 2.40. The topological polar surface area (TPSA) is 68.8 Å². The maximum absolute atomic E-state index is 12.4. The highest BCUT2D eigenvalue weighted by molar-refractivity contribution is 7.80. The summed E-state index contributed by atoms with van der Waals surface area (Å²) in [6.45, 7) is 7.80. The highest BCUT2D eigenvalue weighted by atomic mass is 32.1. The maximum atomic E-state index is 12.4. The lowest BCUT2D eigenvalue weighted by atomic mass is 9.88. The molecule has 0 fully saturated rings. The predicted octanol–water partition coefficient (Wildman–Crippen LogP) is 4.94. The molecule has 0 aliphatic heterocycles. The second-order valence-electron chi connectivity index (χ2n) is 7.50. The SMILES string of the molecule is CCOc1ccc(CNC(=S)Nc2sc3c(c2C(=O)OC)CCC(C)C3)cc1OCC. The molecule has 168 valence electrons. The number of hydrogen-bond donors (Lipinski definition) is 2. The summed E-state index contributed by atoms with van der Waals surface area (Å²) in [5, 5.41) is 7.66. The molecule has 0 spiro atoms. The minimum Gasteiger partial charge on any atom is -0.490 e. The van der Waals surface area contributed by atoms with Crippen LogP contribution < -0.4 is 20.1 Å². The summed E-state index contributed by atoms with van der Waals surface area (Å²) in [4.78, 5) is 13.7. The number of fused-ring (bicyclic) bond motifs is 1. The van der Waals surface area contributed by atoms with E-state index in [0.29, 0.717) is 36.4 Å². The van der Waals surface area contributed by atoms with Crippen molar-refractivity contribution in [2.75, 3.05) is 25.6 Å². The Kier molecular flexibility index (Phi) is 8.15. The van der Waals surface area contributed by atoms with E-state index in [2.05, 4.69) is 17.6 Å². The van der Waals surface area contributed by atoms with Crippen LogP contribution in [0.5, 0.6) is 11.5 Å². The van der Waals surface area contributed by atoms with Gasteiger partial charge in [-0.3, -0.25) is 0 Å². The van der Waals surface area contributed by atoms with Gasteiger partial charge in [0.25, 0.3) is 0 Å². The van der Waals surface area contributed by atoms with Crippen LogP contribution in [0.1, 0.15) is 53.6 Å². The number of thiocarbonyl (C=S) groups is 1. The number of hydrogen-bond acceptors (Lipinski definition) is 6. The number of carbonyl (C=O) groups excluding carboxylic acids is 1. The van der Waals surface area contributed by atoms with E-state index in [1.807, 2.05) is 32.0 Å². The molecule has 1 aliphatic carbocycles. The molecular weight excluding hydrogens is 432 g/mol. The van der Waals surface area contributed by atoms with Gasteiger partial charge in [-0.25, -0.2) is 4.79 Å². The summed E-state index contributed by atoms with van der Waals surface area (Å²) in [5.74, 6) is 1.75. The summed E-state index contributed by atoms with van der Waals surface area (Å²) in [6, 6.07) is 5.84. The molecule has 3 rings (SSSR count). The second-order valence-corrected chi connectivity index (χ2v) is 9.02. The van der Waals surface area contributed by atoms with Crippen LogP contribution >= 0.6 is 23.6 Å². The molecule has 8 heteroatoms. The van der Waals surface area contributed by atoms with Crippen molar-refractivity contribution in [1.82, 2.24) is 5.32 Å². The normalized spacial score (nSPS) is 15.0. The first-order valence-corrected chi connectivity index (χ1v) is 11.8. The van der Waals surface area contributed by atoms with Gasteiger partial charge in [-0.15, -0.1) is 11.3 Å². The smallest absolute Gasteiger partial charge is 0.341 e. The summed E-state index contributed by atoms with van der Waals surface area (Å²) in [6.07, 6.45) is 2.96. The molecule has 1 atom stereocenters. The first kappa shape index (κ1) is 23.3. The van der Waals surface area contributed by atoms with Crippen molar-refractivity contribution < 1.29 is 19.0 Å². The molecule has 1 aromatic heterocycles. The average Bonchev–Trinajstić information content (AvgIpc) is 3.10. The highest BCUT2D eigenvalue weighted by Gasteiger charge is 2.28. The molecule has 0 bridgehead atoms. The van der Waals surface area contributed by atoms with Gasteiger partial charge in [-0.1, -0.05) is 13.0 Å². The van der Waals surface area contributed by atoms with E-state index in [-0.39, 0.29) is 5.97 Å². The number of carbonyl (C=O) groups is 1. The molecule has 1 aromatic carbocycles. The Hall–Kier alpha value is -2.32. The minimum absolute atomic E-state index is 0.315. The summed E-state index contributed by atoms with van der Waals surface area (Å²) >= 11 is 7.11. The van der Waals surface area contributed by atoms with Gasteiger partial charge in [-0.2, -0.15) is 0 Å². The molecule has 0 radical (unpaired) electrons. The lowest BCUT2D eigenvalue weighted by Gasteiger charge is -2.18. The third-order valence-electron chi connectivity index (χ3n) is 5.19. The largest absolute Gasteiger partial charge is 0.490 e. The quantitative estimate of drug-likeness (QED) is 0.425. The van der Waals surface area contributed by atoms with Gasteiger partial charge in [0.1, 0.15) is 5.00 Å². The van der Waals surface area contributed by atoms with Crippen molar-refractivity contribution in [1.29, 1.82) is 0 Å². The number of nitrogens with one attached hydrogen (secondary N) is 2. The van der Waals surface area contributed by atoms with Crippen molar-refractivity contribution in [2.45, 2.75) is 46.6 Å². The van der Waals surface area contributed by atoms with E-state index in [4.69, 9.17) is 26.4 Å². The Balaban J connectivity index is 1.70. The van der Waals surface area contributed by atoms with Crippen molar-refractivity contribution in [3.63, 3.8) is 0 Å². The van der Waals surface area contributed by atoms with Crippen LogP contribution in [0.3, 0.4) is 0 Å². The Bertz CT molecular complexity index is 942. The number of ether oxygens (including phenoxy) is 3. The van der Waals surface area contributed by atoms with Gasteiger partial charge < -0.3 is 24.8 Å². The Morgan fingerprint density at radius 3 is 2.68 bits per heavy atom. The van der Waals surface area contributed by atoms with Crippen LogP contribution in [0.25, 0.3) is 0 Å². The van der Waals surface area contributed by atoms with Gasteiger partial charge >= 0.3 is 5.97 Å². The molecule has 31 heavy (non-hydrogen) atoms. The van der Waals surface area contributed by atoms with Gasteiger partial charge in [-0.05, 0) is 74.5 Å². The third kappa shape index (κ3) is 5.68. The van der Waals surface area contributed by atoms with Crippen LogP contribution in [0.15, 0.2) is 18.2 Å². The molecule has 1 unspecified atom stereocenters. The minimum atomic E-state index is -0.315. The third-order valence-corrected chi connectivity index (χ3v) is 6.61. The fourth-order valence-corrected chi connectivity index (χ4v) is 5.33. The van der Waals surface area contributed by atoms with E-state index < -0.39 is 0 Å². The number of methoxy groups -OCH3 is 1. The molecule has 6 nitrogen and oxygen atoms in total. The van der Waals surface area contributed by atoms with Gasteiger partial charge in [0, 0.05) is 11.4 Å². The van der Waals surface area contributed by atoms with Crippen LogP contribution in [-0.4, -0.2) is 31.4 Å². The summed E-state index contributed by atoms with van der Waals surface area (Å²) in [5.41, 5.74) is 2.75. The molecule has 1 heterocycles. The summed E-state index contributed by atoms with van der Waals surface area (Å²) in [7, 11) is 1.42. The molecule has 0 saturated heterocycles. The second kappa shape index (κ2) is 10.8. The van der Waals surface area contributed by atoms with Crippen LogP contribution in [0.2, 0.25) is 0 Å². The monoisotopic (exact) mass is 462 g/mol. The number of thiophene rings is 1. The first-order valence-electron chi connectivity index (χ1n) is 10.6. The van der Waals surface area contributed by atoms with E-state index in [1.54, 1.807) is 11.3 Å². The van der Waals surface area contributed by atoms with E-state index >= 15 is 0 Å². The van der Waals surface area contributed by atoms with Crippen molar-refractivity contribution >= 4 is 39.6 Å². The molecule has 0 amide bonds. The lowest BCUT2D eigenvalue weighted by Crippen LogP contribution is -2.28. The maximum Gasteiger partial charge on any atom is 0.341 e. The zero-order valence-electron chi connectivity index (χ0n) is 18.5. The zero-order valence-corrected chi connectivity index (χ0v) is 20.1. The fourth-order valence-electron chi connectivity index (χ4n) is 3.69. The fraction of sp³-hybridized carbons (Fsp3) is 0.478. The van der Waals surface area contributed by atoms with E-state index in [0.717, 1.165) is 46.9 Å². The van der Waals surface area contributed by atoms with Crippen LogP contribution in [-0.2, 0) is 24.1 Å². The van der Waals surface area contributed by atoms with Crippen molar-refractivity contribution in [2.24, 2.45) is 5.92 Å². The number of anilines is 1. The molecule has 0 saturated carbocycles. The van der Waals surface area contributed by atoms with E-state index in [9.17, 15) is 4.79 Å². The molecule has 1 aliphatic rings. The van der Waals surface area contributed by atoms with Gasteiger partial charge in [0.15, 0.2) is 16.6 Å². The Morgan fingerprint density at radius 1 is 1.23 bits per heavy atom. The van der Waals surface area contributed by atoms with Crippen molar-refractivity contribution in [3.8, 4) is 11.5 Å². The van der Waals surface area contributed by atoms with E-state index in [1.165, 1.54) is 12.0 Å². The number of rotatable bonds is 8. The summed E-state index contributed by atoms with van der Waals surface area (Å²) < 4.78 is 16.4. The first-order chi connectivity index (χ1) is 15.0. The standard InChI is InChI=1S/C23H30N2O4S2/c1-5-28-17-10-8-15(12-18(17)29-6-2)13-24-23(30)25-21-20(22(26)27-4)16-9-7-14(3)11-19(16)31-21/h8,10,12,14H,5-7,9,11,13H2,1-4H3,(H2,24,25,30). The molecular formula is C23H30N2O4S2. The zero-order chi connectivity index (χ0) is 22.4. The van der Waals surface area contributed by atoms with Crippen molar-refractivity contribution in [3.05, 3.63) is 39.8 Å². The van der Waals surface area contributed by atoms with Crippen LogP contribution in [0, 0.1) is 5.92 Å². The number of esters is 1. The lowest BCUT2D eigenvalue weighted by molar-refractivity contribution is 0.0601. The Labute approximate surface area is 193 Å². The average molecular weight is 463 g/mol. The van der Waals surface area contributed by atoms with Gasteiger partial charge in [0.05, 0.1) is 25.9 Å². The van der Waals surface area contributed by atoms with Crippen LogP contribution in [0.4, 0.5) is 5.00 Å². The molecule has 2 N–H and O–H groups in total. The predicted molar refractivity (Wildman–Crippen MR) is 129 cm³/mol. The molecule has 2 aromatic rings.